The van der Waals surface area contributed by atoms with Crippen molar-refractivity contribution >= 4 is 23.5 Å². The minimum Gasteiger partial charge on any atom is -0.497 e. The number of ketones is 1. The van der Waals surface area contributed by atoms with E-state index in [4.69, 9.17) is 23.7 Å². The number of hydrogen-bond donors (Lipinski definition) is 2. The van der Waals surface area contributed by atoms with Gasteiger partial charge in [0.1, 0.15) is 23.9 Å². The molecule has 284 valence electrons. The molecule has 2 fully saturated rings. The molecule has 2 aliphatic heterocycles. The van der Waals surface area contributed by atoms with E-state index in [9.17, 15) is 19.5 Å². The summed E-state index contributed by atoms with van der Waals surface area (Å²) >= 11 is 0. The number of likely N-dealkylation sites (N-methyl/N-ethyl adjacent to an activating group) is 1. The molecule has 0 radical (unpaired) electrons. The lowest BCUT2D eigenvalue weighted by Gasteiger charge is -2.47. The van der Waals surface area contributed by atoms with Gasteiger partial charge in [0.15, 0.2) is 12.1 Å². The van der Waals surface area contributed by atoms with E-state index in [1.165, 1.54) is 0 Å². The van der Waals surface area contributed by atoms with Crippen LogP contribution < -0.4 is 10.1 Å². The number of cyclic esters (lactones) is 1. The molecule has 1 aromatic carbocycles. The van der Waals surface area contributed by atoms with Crippen LogP contribution in [0, 0.1) is 17.3 Å². The number of Topliss-reactive ketones (excluding diaryl/α,β-unsaturated/α-hetero) is 1. The molecule has 1 aromatic rings. The lowest BCUT2D eigenvalue weighted by atomic mass is 9.74. The number of nitrogens with zero attached hydrogens (tertiary/aromatic N) is 3. The Morgan fingerprint density at radius 2 is 1.70 bits per heavy atom. The number of methoxy groups -OCH3 is 2. The molecule has 3 rings (SSSR count). The maximum atomic E-state index is 14.3. The normalized spacial score (nSPS) is 32.7. The summed E-state index contributed by atoms with van der Waals surface area (Å²) < 4.78 is 29.9. The van der Waals surface area contributed by atoms with Crippen molar-refractivity contribution in [1.82, 2.24) is 14.7 Å². The van der Waals surface area contributed by atoms with E-state index in [-0.39, 0.29) is 43.0 Å². The fraction of sp³-hybridized carbons (Fsp3) is 0.757. The predicted octanol–water partition coefficient (Wildman–Crippen LogP) is 3.88. The molecule has 13 nitrogen and oxygen atoms in total. The van der Waals surface area contributed by atoms with Crippen molar-refractivity contribution in [2.24, 2.45) is 17.3 Å². The molecule has 2 amide bonds. The molecule has 0 bridgehead atoms. The van der Waals surface area contributed by atoms with E-state index < -0.39 is 41.4 Å². The van der Waals surface area contributed by atoms with Crippen LogP contribution in [0.15, 0.2) is 24.3 Å². The summed E-state index contributed by atoms with van der Waals surface area (Å²) in [5.41, 5.74) is -1.92. The average molecular weight is 707 g/mol. The molecule has 0 saturated carbocycles. The zero-order valence-electron chi connectivity index (χ0n) is 32.1. The van der Waals surface area contributed by atoms with Crippen LogP contribution in [-0.2, 0) is 28.5 Å². The number of hydrogen-bond acceptors (Lipinski definition) is 11. The fourth-order valence-electron chi connectivity index (χ4n) is 7.24. The summed E-state index contributed by atoms with van der Waals surface area (Å²) in [7, 11) is 9.02. The smallest absolute Gasteiger partial charge is 0.321 e. The predicted molar refractivity (Wildman–Crippen MR) is 191 cm³/mol. The second kappa shape index (κ2) is 18.1. The third-order valence-corrected chi connectivity index (χ3v) is 10.2. The van der Waals surface area contributed by atoms with Crippen molar-refractivity contribution in [3.8, 4) is 5.75 Å². The minimum absolute atomic E-state index is 0.0888. The Labute approximate surface area is 298 Å². The quantitative estimate of drug-likeness (QED) is 0.329. The van der Waals surface area contributed by atoms with E-state index in [1.807, 2.05) is 39.9 Å². The molecule has 2 aliphatic rings. The molecule has 0 spiro atoms. The van der Waals surface area contributed by atoms with Crippen molar-refractivity contribution in [3.05, 3.63) is 24.3 Å². The number of anilines is 1. The summed E-state index contributed by atoms with van der Waals surface area (Å²) in [6.45, 7) is 12.7. The standard InChI is InChI=1S/C37H62N4O9/c1-24-22-37(6,47-11)32(50-33-30(42)29(39(7)8)21-25(2)49-33)26(3)31(43)36(4,5)34(44)48-20-19-41(18-12-17-40(9)23-24)35(45)38-27-13-15-28(46-10)16-14-27/h13-16,24-26,29-30,32-33,42H,12,17-23H2,1-11H3,(H,38,45)/t24-,25-,26+,29+,30-,32-,33+,37-/m1/s1. The highest BCUT2D eigenvalue weighted by Crippen LogP contribution is 2.38. The number of carbonyl (C=O) groups excluding carboxylic acids is 3. The van der Waals surface area contributed by atoms with Gasteiger partial charge in [-0.1, -0.05) is 13.8 Å². The van der Waals surface area contributed by atoms with Crippen molar-refractivity contribution in [2.75, 3.05) is 73.5 Å². The Morgan fingerprint density at radius 3 is 2.30 bits per heavy atom. The highest BCUT2D eigenvalue weighted by Gasteiger charge is 2.51. The molecular formula is C37H62N4O9. The zero-order valence-corrected chi connectivity index (χ0v) is 32.1. The Hall–Kier alpha value is -2.81. The van der Waals surface area contributed by atoms with E-state index >= 15 is 0 Å². The van der Waals surface area contributed by atoms with Crippen LogP contribution in [-0.4, -0.2) is 142 Å². The molecule has 2 saturated heterocycles. The Morgan fingerprint density at radius 1 is 1.04 bits per heavy atom. The van der Waals surface area contributed by atoms with Crippen LogP contribution in [0.1, 0.15) is 60.8 Å². The number of aliphatic hydroxyl groups excluding tert-OH is 1. The molecule has 50 heavy (non-hydrogen) atoms. The number of benzene rings is 1. The first-order chi connectivity index (χ1) is 23.4. The van der Waals surface area contributed by atoms with Crippen molar-refractivity contribution in [3.63, 3.8) is 0 Å². The lowest BCUT2D eigenvalue weighted by Crippen LogP contribution is -2.59. The van der Waals surface area contributed by atoms with Gasteiger partial charge in [0, 0.05) is 37.8 Å². The lowest BCUT2D eigenvalue weighted by molar-refractivity contribution is -0.295. The Balaban J connectivity index is 1.90. The van der Waals surface area contributed by atoms with E-state index in [1.54, 1.807) is 64.2 Å². The average Bonchev–Trinajstić information content (AvgIpc) is 3.06. The Bertz CT molecular complexity index is 1260. The van der Waals surface area contributed by atoms with E-state index in [2.05, 4.69) is 17.1 Å². The van der Waals surface area contributed by atoms with Gasteiger partial charge in [-0.2, -0.15) is 0 Å². The van der Waals surface area contributed by atoms with Gasteiger partial charge < -0.3 is 48.8 Å². The van der Waals surface area contributed by atoms with Gasteiger partial charge in [-0.05, 0) is 105 Å². The van der Waals surface area contributed by atoms with Crippen LogP contribution >= 0.6 is 0 Å². The third kappa shape index (κ3) is 10.6. The van der Waals surface area contributed by atoms with Gasteiger partial charge in [-0.25, -0.2) is 4.79 Å². The number of amides is 2. The van der Waals surface area contributed by atoms with E-state index in [0.29, 0.717) is 43.8 Å². The first-order valence-corrected chi connectivity index (χ1v) is 17.7. The number of urea groups is 1. The van der Waals surface area contributed by atoms with Crippen LogP contribution in [0.3, 0.4) is 0 Å². The summed E-state index contributed by atoms with van der Waals surface area (Å²) in [6.07, 6.45) is -1.23. The largest absolute Gasteiger partial charge is 0.497 e. The van der Waals surface area contributed by atoms with Crippen LogP contribution in [0.2, 0.25) is 0 Å². The van der Waals surface area contributed by atoms with Gasteiger partial charge in [-0.3, -0.25) is 9.59 Å². The molecule has 2 N–H and O–H groups in total. The monoisotopic (exact) mass is 706 g/mol. The number of carbonyl (C=O) groups is 3. The highest BCUT2D eigenvalue weighted by atomic mass is 16.7. The number of esters is 1. The van der Waals surface area contributed by atoms with E-state index in [0.717, 1.165) is 6.54 Å². The first-order valence-electron chi connectivity index (χ1n) is 17.7. The maximum absolute atomic E-state index is 14.3. The van der Waals surface area contributed by atoms with Gasteiger partial charge in [-0.15, -0.1) is 0 Å². The van der Waals surface area contributed by atoms with Crippen LogP contribution in [0.25, 0.3) is 0 Å². The molecule has 2 heterocycles. The van der Waals surface area contributed by atoms with Crippen molar-refractivity contribution in [2.45, 2.75) is 97.0 Å². The fourth-order valence-corrected chi connectivity index (χ4v) is 7.24. The molecule has 8 atom stereocenters. The van der Waals surface area contributed by atoms with Gasteiger partial charge in [0.2, 0.25) is 0 Å². The van der Waals surface area contributed by atoms with Crippen LogP contribution in [0.4, 0.5) is 10.5 Å². The summed E-state index contributed by atoms with van der Waals surface area (Å²) in [5.74, 6) is -1.15. The van der Waals surface area contributed by atoms with Crippen molar-refractivity contribution in [1.29, 1.82) is 0 Å². The van der Waals surface area contributed by atoms with Gasteiger partial charge in [0.05, 0.1) is 31.5 Å². The number of ether oxygens (including phenoxy) is 5. The summed E-state index contributed by atoms with van der Waals surface area (Å²) in [4.78, 5) is 47.0. The highest BCUT2D eigenvalue weighted by molar-refractivity contribution is 6.04. The number of nitrogens with one attached hydrogen (secondary N) is 1. The van der Waals surface area contributed by atoms with Crippen LogP contribution in [0.5, 0.6) is 5.75 Å². The minimum atomic E-state index is -1.54. The molecule has 0 aromatic heterocycles. The number of aliphatic hydroxyl groups is 1. The SMILES string of the molecule is COc1ccc(NC(=O)N2CCCN(C)C[C@H](C)C[C@@](C)(OC)[C@H](O[C@@H]3O[C@H](C)C[C@H](N(C)C)[C@H]3O)[C@@H](C)C(=O)C(C)(C)C(=O)OCC2)cc1. The summed E-state index contributed by atoms with van der Waals surface area (Å²) in [5, 5.41) is 14.3. The number of rotatable bonds is 6. The van der Waals surface area contributed by atoms with Gasteiger partial charge >= 0.3 is 12.0 Å². The van der Waals surface area contributed by atoms with Crippen molar-refractivity contribution < 1.29 is 43.2 Å². The second-order valence-electron chi connectivity index (χ2n) is 15.1. The first kappa shape index (κ1) is 41.6. The second-order valence-corrected chi connectivity index (χ2v) is 15.1. The Kier molecular flexibility index (Phi) is 15.1. The molecule has 13 heteroatoms. The zero-order chi connectivity index (χ0) is 37.4. The third-order valence-electron chi connectivity index (χ3n) is 10.2. The maximum Gasteiger partial charge on any atom is 0.321 e. The molecular weight excluding hydrogens is 644 g/mol. The molecule has 0 unspecified atom stereocenters. The van der Waals surface area contributed by atoms with Gasteiger partial charge in [0.25, 0.3) is 0 Å². The summed E-state index contributed by atoms with van der Waals surface area (Å²) in [6, 6.07) is 6.51. The molecule has 0 aliphatic carbocycles. The topological polar surface area (TPSA) is 139 Å².